The van der Waals surface area contributed by atoms with Gasteiger partial charge in [0.2, 0.25) is 0 Å². The summed E-state index contributed by atoms with van der Waals surface area (Å²) in [4.78, 5) is 0. The number of phenols is 3. The van der Waals surface area contributed by atoms with Gasteiger partial charge >= 0.3 is 0 Å². The number of hydrogen-bond acceptors (Lipinski definition) is 5. The Morgan fingerprint density at radius 1 is 0.486 bits per heavy atom. The normalized spacial score (nSPS) is 13.4. The molecule has 1 aliphatic heterocycles. The van der Waals surface area contributed by atoms with Crippen LogP contribution in [0.5, 0.6) is 17.2 Å². The first-order valence-corrected chi connectivity index (χ1v) is 11.4. The van der Waals surface area contributed by atoms with E-state index in [1.807, 2.05) is 18.2 Å². The fourth-order valence-electron chi connectivity index (χ4n) is 2.62. The predicted molar refractivity (Wildman–Crippen MR) is 144 cm³/mol. The van der Waals surface area contributed by atoms with Crippen molar-refractivity contribution in [3.8, 4) is 17.2 Å². The maximum absolute atomic E-state index is 8.63. The van der Waals surface area contributed by atoms with E-state index in [-0.39, 0.29) is 34.1 Å². The van der Waals surface area contributed by atoms with Crippen molar-refractivity contribution in [2.45, 2.75) is 19.3 Å². The number of phenolic OH excluding ortho intramolecular Hbond substituents is 3. The molecule has 1 heterocycles. The molecule has 4 rings (SSSR count). The smallest absolute Gasteiger partial charge is 0.115 e. The number of para-hydroxylation sites is 3. The summed E-state index contributed by atoms with van der Waals surface area (Å²) in [5.74, 6) is 0.965. The fourth-order valence-corrected chi connectivity index (χ4v) is 2.62. The molecule has 0 unspecified atom stereocenters. The Balaban J connectivity index is 0. The second-order valence-corrected chi connectivity index (χ2v) is 7.24. The molecule has 0 aliphatic carbocycles. The van der Waals surface area contributed by atoms with Crippen LogP contribution in [0.4, 0.5) is 0 Å². The van der Waals surface area contributed by atoms with Crippen molar-refractivity contribution in [3.05, 3.63) is 96.3 Å². The number of rotatable bonds is 0. The van der Waals surface area contributed by atoms with Gasteiger partial charge in [0.1, 0.15) is 17.2 Å². The van der Waals surface area contributed by atoms with Crippen LogP contribution in [0.15, 0.2) is 91.0 Å². The zero-order chi connectivity index (χ0) is 23.8. The number of aromatic hydroxyl groups is 3. The van der Waals surface area contributed by atoms with E-state index in [1.54, 1.807) is 72.8 Å². The molecule has 1 saturated heterocycles. The number of nitrogens with zero attached hydrogens (tertiary/aromatic N) is 1. The van der Waals surface area contributed by atoms with Crippen LogP contribution < -0.4 is 10.6 Å². The van der Waals surface area contributed by atoms with Gasteiger partial charge in [-0.15, -0.1) is 25.5 Å². The van der Waals surface area contributed by atoms with Crippen LogP contribution in [0, 0.1) is 0 Å². The molecule has 0 spiro atoms. The summed E-state index contributed by atoms with van der Waals surface area (Å²) in [5.41, 5.74) is 0. The number of nitrogens with one attached hydrogen (secondary N) is 2. The summed E-state index contributed by atoms with van der Waals surface area (Å²) in [6.45, 7) is 6.62. The van der Waals surface area contributed by atoms with E-state index in [0.29, 0.717) is 17.2 Å². The van der Waals surface area contributed by atoms with E-state index >= 15 is 0 Å². The first-order chi connectivity index (χ1) is 16.2. The van der Waals surface area contributed by atoms with Crippen molar-refractivity contribution in [1.29, 1.82) is 0 Å². The van der Waals surface area contributed by atoms with Gasteiger partial charge in [-0.3, -0.25) is 0 Å². The molecule has 5 N–H and O–H groups in total. The van der Waals surface area contributed by atoms with Crippen LogP contribution in [0.25, 0.3) is 5.32 Å². The van der Waals surface area contributed by atoms with Crippen LogP contribution >= 0.6 is 12.4 Å². The average molecular weight is 537 g/mol. The molecular weight excluding hydrogens is 498 g/mol. The molecule has 1 aliphatic rings. The molecule has 0 amide bonds. The van der Waals surface area contributed by atoms with Crippen LogP contribution in [0.1, 0.15) is 19.3 Å². The Labute approximate surface area is 231 Å². The molecule has 0 bridgehead atoms. The second kappa shape index (κ2) is 26.5. The van der Waals surface area contributed by atoms with Gasteiger partial charge in [0, 0.05) is 21.7 Å². The summed E-state index contributed by atoms with van der Waals surface area (Å²) >= 11 is 0. The molecule has 192 valence electrons. The monoisotopic (exact) mass is 536 g/mol. The van der Waals surface area contributed by atoms with Gasteiger partial charge in [-0.2, -0.15) is 0 Å². The van der Waals surface area contributed by atoms with E-state index in [1.165, 1.54) is 19.3 Å². The van der Waals surface area contributed by atoms with E-state index in [9.17, 15) is 0 Å². The molecule has 6 nitrogen and oxygen atoms in total. The first-order valence-electron chi connectivity index (χ1n) is 11.4. The number of benzene rings is 3. The van der Waals surface area contributed by atoms with Gasteiger partial charge in [-0.05, 0) is 69.0 Å². The summed E-state index contributed by atoms with van der Waals surface area (Å²) in [5, 5.41) is 37.1. The summed E-state index contributed by atoms with van der Waals surface area (Å²) in [6.07, 6.45) is 3.65. The fraction of sp³-hybridized carbons (Fsp3) is 0.333. The molecule has 0 saturated carbocycles. The van der Waals surface area contributed by atoms with Crippen molar-refractivity contribution in [3.63, 3.8) is 0 Å². The quantitative estimate of drug-likeness (QED) is 0.251. The Hall–Kier alpha value is -2.06. The molecule has 0 aromatic heterocycles. The average Bonchev–Trinajstić information content (AvgIpc) is 2.82. The molecule has 35 heavy (non-hydrogen) atoms. The maximum atomic E-state index is 8.63. The van der Waals surface area contributed by atoms with Crippen molar-refractivity contribution in [2.75, 3.05) is 39.3 Å². The summed E-state index contributed by atoms with van der Waals surface area (Å²) in [6, 6.07) is 26.1. The van der Waals surface area contributed by atoms with Crippen molar-refractivity contribution >= 4 is 12.4 Å². The molecule has 0 atom stereocenters. The minimum absolute atomic E-state index is 0. The number of halogens is 1. The zero-order valence-corrected chi connectivity index (χ0v) is 22.6. The second-order valence-electron chi connectivity index (χ2n) is 7.24. The molecular formula is C27H39ClN3O3Ti-. The third-order valence-electron chi connectivity index (χ3n) is 4.32. The standard InChI is InChI=1S/C9H20N3.3C6H6O.ClH.Ti/c1-4-10-6-2-8-12-9-3-7-11-5-1;3*7-6-4-2-1-3-5-6;;/h10-11H,1-9H2;3*1-5,7H;1H;/q-1;;;;;. The molecule has 8 heteroatoms. The van der Waals surface area contributed by atoms with E-state index < -0.39 is 0 Å². The Morgan fingerprint density at radius 2 is 0.771 bits per heavy atom. The van der Waals surface area contributed by atoms with Gasteiger partial charge in [-0.1, -0.05) is 67.4 Å². The molecule has 1 fully saturated rings. The summed E-state index contributed by atoms with van der Waals surface area (Å²) < 4.78 is 0. The molecule has 3 aromatic carbocycles. The van der Waals surface area contributed by atoms with Crippen LogP contribution in [0.3, 0.4) is 0 Å². The minimum atomic E-state index is 0. The van der Waals surface area contributed by atoms with Crippen molar-refractivity contribution in [2.24, 2.45) is 0 Å². The van der Waals surface area contributed by atoms with Crippen molar-refractivity contribution < 1.29 is 37.0 Å². The topological polar surface area (TPSA) is 98.9 Å². The number of hydrogen-bond donors (Lipinski definition) is 5. The first kappa shape index (κ1) is 35.1. The maximum Gasteiger partial charge on any atom is 0.115 e. The largest absolute Gasteiger partial charge is 0.662 e. The SMILES string of the molecule is C1C[N-]CCCNCCCNC1.Cl.Oc1ccccc1.Oc1ccccc1.Oc1ccccc1.[Ti]. The van der Waals surface area contributed by atoms with Crippen LogP contribution in [-0.2, 0) is 21.7 Å². The van der Waals surface area contributed by atoms with Gasteiger partial charge in [0.25, 0.3) is 0 Å². The zero-order valence-electron chi connectivity index (χ0n) is 20.2. The molecule has 0 radical (unpaired) electrons. The van der Waals surface area contributed by atoms with E-state index in [4.69, 9.17) is 15.3 Å². The van der Waals surface area contributed by atoms with Gasteiger partial charge in [0.05, 0.1) is 0 Å². The predicted octanol–water partition coefficient (Wildman–Crippen LogP) is 5.32. The van der Waals surface area contributed by atoms with E-state index in [2.05, 4.69) is 16.0 Å². The Bertz CT molecular complexity index is 655. The van der Waals surface area contributed by atoms with Crippen LogP contribution in [-0.4, -0.2) is 54.6 Å². The summed E-state index contributed by atoms with van der Waals surface area (Å²) in [7, 11) is 0. The van der Waals surface area contributed by atoms with Gasteiger partial charge in [0.15, 0.2) is 0 Å². The van der Waals surface area contributed by atoms with Crippen molar-refractivity contribution in [1.82, 2.24) is 10.6 Å². The Kier molecular flexibility index (Phi) is 26.6. The van der Waals surface area contributed by atoms with Gasteiger partial charge < -0.3 is 31.3 Å². The third-order valence-corrected chi connectivity index (χ3v) is 4.32. The van der Waals surface area contributed by atoms with Gasteiger partial charge in [-0.25, -0.2) is 0 Å². The van der Waals surface area contributed by atoms with Crippen LogP contribution in [0.2, 0.25) is 0 Å². The third kappa shape index (κ3) is 24.9. The Morgan fingerprint density at radius 3 is 1.03 bits per heavy atom. The minimum Gasteiger partial charge on any atom is -0.662 e. The molecule has 3 aromatic rings. The van der Waals surface area contributed by atoms with E-state index in [0.717, 1.165) is 39.3 Å².